The first kappa shape index (κ1) is 21.1. The molecule has 9 heteroatoms. The van der Waals surface area contributed by atoms with Crippen LogP contribution in [-0.2, 0) is 17.5 Å². The fourth-order valence-corrected chi connectivity index (χ4v) is 2.82. The van der Waals surface area contributed by atoms with E-state index in [9.17, 15) is 18.0 Å². The highest BCUT2D eigenvalue weighted by atomic mass is 19.4. The average Bonchev–Trinajstić information content (AvgIpc) is 2.72. The second kappa shape index (κ2) is 8.40. The Hall–Kier alpha value is -3.62. The maximum atomic E-state index is 13.0. The summed E-state index contributed by atoms with van der Waals surface area (Å²) in [5.74, 6) is -0.707. The number of aryl methyl sites for hydroxylation is 1. The van der Waals surface area contributed by atoms with Crippen molar-refractivity contribution in [2.75, 3.05) is 18.2 Å². The fourth-order valence-electron chi connectivity index (χ4n) is 2.82. The van der Waals surface area contributed by atoms with Crippen molar-refractivity contribution < 1.29 is 22.7 Å². The Balaban J connectivity index is 1.74. The van der Waals surface area contributed by atoms with Gasteiger partial charge in [-0.25, -0.2) is 14.8 Å². The van der Waals surface area contributed by atoms with Gasteiger partial charge in [0.25, 0.3) is 0 Å². The molecule has 6 nitrogen and oxygen atoms in total. The number of methoxy groups -OCH3 is 1. The van der Waals surface area contributed by atoms with Gasteiger partial charge in [0.2, 0.25) is 0 Å². The number of halogens is 3. The summed E-state index contributed by atoms with van der Waals surface area (Å²) in [4.78, 5) is 19.9. The molecular formula is C21H19F3N4O2. The third kappa shape index (κ3) is 4.68. The monoisotopic (exact) mass is 416 g/mol. The van der Waals surface area contributed by atoms with Crippen molar-refractivity contribution in [3.8, 4) is 11.3 Å². The molecule has 3 aromatic rings. The van der Waals surface area contributed by atoms with E-state index in [1.807, 2.05) is 0 Å². The standard InChI is InChI=1S/C21H19F3N4O2/c1-12-3-8-15(9-16(12)21(22,23)24)26-10-13-4-6-14(7-5-13)17-11-27-19(25)18(28-17)20(29)30-2/h3-9,11,26H,10H2,1-2H3,(H2,25,27). The van der Waals surface area contributed by atoms with E-state index < -0.39 is 17.7 Å². The number of carbonyl (C=O) groups excluding carboxylic acids is 1. The number of hydrogen-bond donors (Lipinski definition) is 2. The number of alkyl halides is 3. The van der Waals surface area contributed by atoms with Crippen LogP contribution in [0.25, 0.3) is 11.3 Å². The van der Waals surface area contributed by atoms with Crippen LogP contribution in [0.4, 0.5) is 24.7 Å². The summed E-state index contributed by atoms with van der Waals surface area (Å²) >= 11 is 0. The Morgan fingerprint density at radius 2 is 1.87 bits per heavy atom. The molecule has 0 aliphatic carbocycles. The van der Waals surface area contributed by atoms with Crippen LogP contribution in [0.1, 0.15) is 27.2 Å². The number of nitrogens with zero attached hydrogens (tertiary/aromatic N) is 2. The third-order valence-electron chi connectivity index (χ3n) is 4.47. The Morgan fingerprint density at radius 3 is 2.50 bits per heavy atom. The first-order chi connectivity index (χ1) is 14.2. The number of esters is 1. The quantitative estimate of drug-likeness (QED) is 0.597. The summed E-state index contributed by atoms with van der Waals surface area (Å²) in [7, 11) is 1.23. The molecule has 30 heavy (non-hydrogen) atoms. The summed E-state index contributed by atoms with van der Waals surface area (Å²) in [5, 5.41) is 2.99. The summed E-state index contributed by atoms with van der Waals surface area (Å²) in [6.07, 6.45) is -2.95. The van der Waals surface area contributed by atoms with Gasteiger partial charge in [0.05, 0.1) is 24.6 Å². The van der Waals surface area contributed by atoms with Crippen LogP contribution in [-0.4, -0.2) is 23.0 Å². The van der Waals surface area contributed by atoms with E-state index in [-0.39, 0.29) is 17.1 Å². The molecule has 0 unspecified atom stereocenters. The summed E-state index contributed by atoms with van der Waals surface area (Å²) in [5.41, 5.74) is 7.47. The molecule has 0 saturated carbocycles. The molecule has 0 bridgehead atoms. The summed E-state index contributed by atoms with van der Waals surface area (Å²) in [6, 6.07) is 11.3. The van der Waals surface area contributed by atoms with E-state index in [0.29, 0.717) is 23.5 Å². The number of rotatable bonds is 5. The molecule has 0 radical (unpaired) electrons. The topological polar surface area (TPSA) is 90.1 Å². The molecule has 0 fully saturated rings. The van der Waals surface area contributed by atoms with E-state index in [2.05, 4.69) is 20.0 Å². The maximum absolute atomic E-state index is 13.0. The van der Waals surface area contributed by atoms with Gasteiger partial charge in [-0.2, -0.15) is 13.2 Å². The van der Waals surface area contributed by atoms with Crippen LogP contribution < -0.4 is 11.1 Å². The zero-order chi connectivity index (χ0) is 21.9. The number of nitrogens with two attached hydrogens (primary N) is 1. The van der Waals surface area contributed by atoms with Gasteiger partial charge in [-0.05, 0) is 30.2 Å². The Morgan fingerprint density at radius 1 is 1.17 bits per heavy atom. The van der Waals surface area contributed by atoms with Crippen LogP contribution >= 0.6 is 0 Å². The minimum Gasteiger partial charge on any atom is -0.464 e. The van der Waals surface area contributed by atoms with E-state index in [1.165, 1.54) is 26.3 Å². The van der Waals surface area contributed by atoms with Gasteiger partial charge >= 0.3 is 12.1 Å². The molecule has 2 aromatic carbocycles. The molecular weight excluding hydrogens is 397 g/mol. The van der Waals surface area contributed by atoms with Crippen molar-refractivity contribution in [1.82, 2.24) is 9.97 Å². The highest BCUT2D eigenvalue weighted by Gasteiger charge is 2.32. The first-order valence-corrected chi connectivity index (χ1v) is 8.91. The molecule has 0 aliphatic rings. The highest BCUT2D eigenvalue weighted by Crippen LogP contribution is 2.33. The second-order valence-corrected chi connectivity index (χ2v) is 6.56. The number of nitrogen functional groups attached to an aromatic ring is 1. The predicted octanol–water partition coefficient (Wildman–Crippen LogP) is 4.45. The maximum Gasteiger partial charge on any atom is 0.416 e. The highest BCUT2D eigenvalue weighted by molar-refractivity contribution is 5.92. The van der Waals surface area contributed by atoms with Crippen LogP contribution in [0.5, 0.6) is 0 Å². The van der Waals surface area contributed by atoms with E-state index in [1.54, 1.807) is 30.3 Å². The number of hydrogen-bond acceptors (Lipinski definition) is 6. The molecule has 0 amide bonds. The number of carbonyl (C=O) groups is 1. The van der Waals surface area contributed by atoms with Crippen LogP contribution in [0.2, 0.25) is 0 Å². The summed E-state index contributed by atoms with van der Waals surface area (Å²) in [6.45, 7) is 1.76. The molecule has 0 atom stereocenters. The van der Waals surface area contributed by atoms with E-state index in [0.717, 1.165) is 11.6 Å². The number of ether oxygens (including phenoxy) is 1. The number of anilines is 2. The third-order valence-corrected chi connectivity index (χ3v) is 4.47. The van der Waals surface area contributed by atoms with Crippen molar-refractivity contribution in [2.24, 2.45) is 0 Å². The predicted molar refractivity (Wildman–Crippen MR) is 107 cm³/mol. The fraction of sp³-hybridized carbons (Fsp3) is 0.190. The molecule has 3 rings (SSSR count). The normalized spacial score (nSPS) is 11.2. The summed E-state index contributed by atoms with van der Waals surface area (Å²) < 4.78 is 43.8. The first-order valence-electron chi connectivity index (χ1n) is 8.91. The zero-order valence-electron chi connectivity index (χ0n) is 16.2. The molecule has 0 aliphatic heterocycles. The zero-order valence-corrected chi connectivity index (χ0v) is 16.2. The van der Waals surface area contributed by atoms with Gasteiger partial charge in [0.15, 0.2) is 11.5 Å². The van der Waals surface area contributed by atoms with Gasteiger partial charge in [0, 0.05) is 17.8 Å². The van der Waals surface area contributed by atoms with Crippen molar-refractivity contribution >= 4 is 17.5 Å². The van der Waals surface area contributed by atoms with Gasteiger partial charge in [-0.3, -0.25) is 0 Å². The van der Waals surface area contributed by atoms with E-state index >= 15 is 0 Å². The van der Waals surface area contributed by atoms with Crippen molar-refractivity contribution in [1.29, 1.82) is 0 Å². The van der Waals surface area contributed by atoms with Crippen molar-refractivity contribution in [3.05, 3.63) is 71.0 Å². The van der Waals surface area contributed by atoms with E-state index in [4.69, 9.17) is 5.73 Å². The van der Waals surface area contributed by atoms with Crippen molar-refractivity contribution in [3.63, 3.8) is 0 Å². The van der Waals surface area contributed by atoms with Gasteiger partial charge in [0.1, 0.15) is 0 Å². The smallest absolute Gasteiger partial charge is 0.416 e. The number of nitrogens with one attached hydrogen (secondary N) is 1. The Kier molecular flexibility index (Phi) is 5.91. The molecule has 0 spiro atoms. The lowest BCUT2D eigenvalue weighted by Crippen LogP contribution is -2.10. The molecule has 0 saturated heterocycles. The largest absolute Gasteiger partial charge is 0.464 e. The van der Waals surface area contributed by atoms with Gasteiger partial charge < -0.3 is 15.8 Å². The second-order valence-electron chi connectivity index (χ2n) is 6.56. The molecule has 156 valence electrons. The SMILES string of the molecule is COC(=O)c1nc(-c2ccc(CNc3ccc(C)c(C(F)(F)F)c3)cc2)cnc1N. The average molecular weight is 416 g/mol. The Labute approximate surface area is 170 Å². The molecule has 3 N–H and O–H groups in total. The molecule has 1 aromatic heterocycles. The van der Waals surface area contributed by atoms with Crippen LogP contribution in [0.15, 0.2) is 48.7 Å². The van der Waals surface area contributed by atoms with Crippen LogP contribution in [0.3, 0.4) is 0 Å². The lowest BCUT2D eigenvalue weighted by Gasteiger charge is -2.13. The van der Waals surface area contributed by atoms with Gasteiger partial charge in [-0.1, -0.05) is 30.3 Å². The van der Waals surface area contributed by atoms with Gasteiger partial charge in [-0.15, -0.1) is 0 Å². The lowest BCUT2D eigenvalue weighted by molar-refractivity contribution is -0.138. The number of benzene rings is 2. The Bertz CT molecular complexity index is 1070. The van der Waals surface area contributed by atoms with Crippen molar-refractivity contribution in [2.45, 2.75) is 19.6 Å². The lowest BCUT2D eigenvalue weighted by atomic mass is 10.1. The molecule has 1 heterocycles. The minimum atomic E-state index is -4.40. The van der Waals surface area contributed by atoms with Crippen LogP contribution in [0, 0.1) is 6.92 Å². The minimum absolute atomic E-state index is 0.0252. The number of aromatic nitrogens is 2.